The number of amides is 2. The van der Waals surface area contributed by atoms with Gasteiger partial charge in [-0.15, -0.1) is 0 Å². The SMILES string of the molecule is Cc1cc(N2CCC3(CCC(NC(=O)c4[nH]cnc4C(=O)CCC(F)(F)F)CC3)C2=O)c(Cl)cc1F. The van der Waals surface area contributed by atoms with Crippen molar-refractivity contribution >= 4 is 34.9 Å². The molecule has 194 valence electrons. The van der Waals surface area contributed by atoms with E-state index in [0.717, 1.165) is 6.33 Å². The number of anilines is 1. The van der Waals surface area contributed by atoms with Crippen molar-refractivity contribution in [1.29, 1.82) is 0 Å². The van der Waals surface area contributed by atoms with Crippen LogP contribution in [-0.4, -0.2) is 46.3 Å². The van der Waals surface area contributed by atoms with Gasteiger partial charge in [-0.3, -0.25) is 14.4 Å². The molecule has 1 aromatic heterocycles. The number of aryl methyl sites for hydroxylation is 1. The third kappa shape index (κ3) is 5.25. The number of alkyl halides is 3. The zero-order chi connectivity index (χ0) is 26.3. The molecule has 0 unspecified atom stereocenters. The van der Waals surface area contributed by atoms with E-state index in [1.165, 1.54) is 6.07 Å². The van der Waals surface area contributed by atoms with Crippen LogP contribution in [0.2, 0.25) is 5.02 Å². The number of nitrogens with zero attached hydrogens (tertiary/aromatic N) is 2. The summed E-state index contributed by atoms with van der Waals surface area (Å²) >= 11 is 6.21. The number of ketones is 1. The van der Waals surface area contributed by atoms with Gasteiger partial charge in [0.05, 0.1) is 28.9 Å². The fourth-order valence-corrected chi connectivity index (χ4v) is 5.24. The van der Waals surface area contributed by atoms with Crippen LogP contribution in [0.4, 0.5) is 23.2 Å². The Bertz CT molecular complexity index is 1190. The maximum atomic E-state index is 13.8. The van der Waals surface area contributed by atoms with Crippen LogP contribution in [0.1, 0.15) is 71.5 Å². The fourth-order valence-electron chi connectivity index (χ4n) is 4.99. The van der Waals surface area contributed by atoms with Crippen LogP contribution in [-0.2, 0) is 4.79 Å². The molecule has 7 nitrogen and oxygen atoms in total. The Hall–Kier alpha value is -2.95. The third-order valence-electron chi connectivity index (χ3n) is 7.08. The highest BCUT2D eigenvalue weighted by atomic mass is 35.5. The molecule has 4 rings (SSSR count). The Kier molecular flexibility index (Phi) is 7.14. The largest absolute Gasteiger partial charge is 0.389 e. The first-order chi connectivity index (χ1) is 16.9. The van der Waals surface area contributed by atoms with Gasteiger partial charge in [0.1, 0.15) is 17.2 Å². The molecule has 1 aliphatic heterocycles. The number of hydrogen-bond acceptors (Lipinski definition) is 4. The van der Waals surface area contributed by atoms with E-state index in [-0.39, 0.29) is 28.4 Å². The van der Waals surface area contributed by atoms with Crippen LogP contribution in [0.3, 0.4) is 0 Å². The minimum atomic E-state index is -4.49. The van der Waals surface area contributed by atoms with Gasteiger partial charge in [0.25, 0.3) is 5.91 Å². The van der Waals surface area contributed by atoms with Crippen LogP contribution >= 0.6 is 11.6 Å². The first-order valence-electron chi connectivity index (χ1n) is 11.6. The molecule has 2 fully saturated rings. The number of carbonyl (C=O) groups excluding carboxylic acids is 3. The van der Waals surface area contributed by atoms with Crippen molar-refractivity contribution in [2.24, 2.45) is 5.41 Å². The zero-order valence-corrected chi connectivity index (χ0v) is 20.2. The number of benzene rings is 1. The highest BCUT2D eigenvalue weighted by Gasteiger charge is 2.49. The summed E-state index contributed by atoms with van der Waals surface area (Å²) in [6.45, 7) is 2.06. The van der Waals surface area contributed by atoms with Gasteiger partial charge in [-0.1, -0.05) is 11.6 Å². The summed E-state index contributed by atoms with van der Waals surface area (Å²) in [5.41, 5.74) is -0.219. The maximum absolute atomic E-state index is 13.8. The van der Waals surface area contributed by atoms with Crippen LogP contribution < -0.4 is 10.2 Å². The van der Waals surface area contributed by atoms with Crippen molar-refractivity contribution in [1.82, 2.24) is 15.3 Å². The Labute approximate surface area is 209 Å². The lowest BCUT2D eigenvalue weighted by Gasteiger charge is -2.36. The van der Waals surface area contributed by atoms with Crippen molar-refractivity contribution in [3.63, 3.8) is 0 Å². The first kappa shape index (κ1) is 26.1. The summed E-state index contributed by atoms with van der Waals surface area (Å²) < 4.78 is 51.1. The van der Waals surface area contributed by atoms with Gasteiger partial charge in [-0.2, -0.15) is 13.2 Å². The molecule has 1 aromatic carbocycles. The lowest BCUT2D eigenvalue weighted by Crippen LogP contribution is -2.44. The zero-order valence-electron chi connectivity index (χ0n) is 19.5. The van der Waals surface area contributed by atoms with Crippen LogP contribution in [0.15, 0.2) is 18.5 Å². The number of aromatic amines is 1. The van der Waals surface area contributed by atoms with Gasteiger partial charge in [0, 0.05) is 19.0 Å². The molecule has 0 bridgehead atoms. The number of aromatic nitrogens is 2. The van der Waals surface area contributed by atoms with Crippen LogP contribution in [0, 0.1) is 18.2 Å². The van der Waals surface area contributed by atoms with Crippen LogP contribution in [0.25, 0.3) is 0 Å². The number of Topliss-reactive ketones (excluding diaryl/α,β-unsaturated/α-hetero) is 1. The molecule has 12 heteroatoms. The summed E-state index contributed by atoms with van der Waals surface area (Å²) in [5.74, 6) is -2.01. The van der Waals surface area contributed by atoms with Crippen molar-refractivity contribution in [2.45, 2.75) is 64.1 Å². The molecular formula is C24H25ClF4N4O3. The molecule has 1 saturated carbocycles. The van der Waals surface area contributed by atoms with Crippen molar-refractivity contribution in [2.75, 3.05) is 11.4 Å². The summed E-state index contributed by atoms with van der Waals surface area (Å²) in [5, 5.41) is 2.97. The number of rotatable bonds is 6. The Morgan fingerprint density at radius 2 is 1.94 bits per heavy atom. The topological polar surface area (TPSA) is 95.2 Å². The monoisotopic (exact) mass is 528 g/mol. The second-order valence-corrected chi connectivity index (χ2v) is 9.86. The van der Waals surface area contributed by atoms with Gasteiger partial charge < -0.3 is 15.2 Å². The van der Waals surface area contributed by atoms with Crippen molar-refractivity contribution < 1.29 is 31.9 Å². The molecule has 2 amide bonds. The van der Waals surface area contributed by atoms with Crippen molar-refractivity contribution in [3.05, 3.63) is 46.3 Å². The molecule has 36 heavy (non-hydrogen) atoms. The number of hydrogen-bond donors (Lipinski definition) is 2. The normalized spacial score (nSPS) is 22.3. The van der Waals surface area contributed by atoms with Gasteiger partial charge in [-0.25, -0.2) is 9.37 Å². The third-order valence-corrected chi connectivity index (χ3v) is 7.38. The second-order valence-electron chi connectivity index (χ2n) is 9.45. The molecule has 2 aromatic rings. The molecule has 2 N–H and O–H groups in total. The number of carbonyl (C=O) groups is 3. The maximum Gasteiger partial charge on any atom is 0.389 e. The average Bonchev–Trinajstić information content (AvgIpc) is 3.42. The van der Waals surface area contributed by atoms with E-state index in [1.54, 1.807) is 17.9 Å². The van der Waals surface area contributed by atoms with E-state index in [9.17, 15) is 31.9 Å². The predicted molar refractivity (Wildman–Crippen MR) is 123 cm³/mol. The van der Waals surface area contributed by atoms with E-state index in [2.05, 4.69) is 15.3 Å². The molecule has 2 heterocycles. The Morgan fingerprint density at radius 1 is 1.25 bits per heavy atom. The van der Waals surface area contributed by atoms with Gasteiger partial charge in [0.15, 0.2) is 5.78 Å². The van der Waals surface area contributed by atoms with E-state index < -0.39 is 41.9 Å². The highest BCUT2D eigenvalue weighted by molar-refractivity contribution is 6.34. The summed E-state index contributed by atoms with van der Waals surface area (Å²) in [6, 6.07) is 2.50. The van der Waals surface area contributed by atoms with Crippen LogP contribution in [0.5, 0.6) is 0 Å². The van der Waals surface area contributed by atoms with E-state index >= 15 is 0 Å². The van der Waals surface area contributed by atoms with Gasteiger partial charge in [-0.05, 0) is 56.7 Å². The minimum absolute atomic E-state index is 0.0775. The van der Waals surface area contributed by atoms with E-state index in [0.29, 0.717) is 49.9 Å². The summed E-state index contributed by atoms with van der Waals surface area (Å²) in [4.78, 5) is 46.1. The molecule has 1 spiro atoms. The number of nitrogens with one attached hydrogen (secondary N) is 2. The molecule has 1 aliphatic carbocycles. The second kappa shape index (κ2) is 9.84. The molecule has 2 aliphatic rings. The first-order valence-corrected chi connectivity index (χ1v) is 12.0. The standard InChI is InChI=1S/C24H25ClF4N4O3/c1-13-10-17(15(25)11-16(13)26)33-9-8-23(22(33)36)5-2-14(3-6-23)32-21(35)20-19(30-12-31-20)18(34)4-7-24(27,28)29/h10-12,14H,2-9H2,1H3,(H,30,31)(H,32,35). The lowest BCUT2D eigenvalue weighted by molar-refractivity contribution is -0.133. The van der Waals surface area contributed by atoms with E-state index in [1.807, 2.05) is 0 Å². The Morgan fingerprint density at radius 3 is 2.61 bits per heavy atom. The smallest absolute Gasteiger partial charge is 0.348 e. The fraction of sp³-hybridized carbons (Fsp3) is 0.500. The number of imidazole rings is 1. The molecule has 0 atom stereocenters. The summed E-state index contributed by atoms with van der Waals surface area (Å²) in [7, 11) is 0. The minimum Gasteiger partial charge on any atom is -0.348 e. The van der Waals surface area contributed by atoms with E-state index in [4.69, 9.17) is 11.6 Å². The quantitative estimate of drug-likeness (QED) is 0.401. The molecule has 1 saturated heterocycles. The average molecular weight is 529 g/mol. The van der Waals surface area contributed by atoms with Gasteiger partial charge >= 0.3 is 6.18 Å². The van der Waals surface area contributed by atoms with Crippen molar-refractivity contribution in [3.8, 4) is 0 Å². The number of H-pyrrole nitrogens is 1. The van der Waals surface area contributed by atoms with Gasteiger partial charge in [0.2, 0.25) is 5.91 Å². The molecule has 0 radical (unpaired) electrons. The highest BCUT2D eigenvalue weighted by Crippen LogP contribution is 2.47. The molecular weight excluding hydrogens is 504 g/mol. The lowest BCUT2D eigenvalue weighted by atomic mass is 9.71. The number of halogens is 5. The summed E-state index contributed by atoms with van der Waals surface area (Å²) in [6.07, 6.45) is -2.82. The Balaban J connectivity index is 1.37. The predicted octanol–water partition coefficient (Wildman–Crippen LogP) is 5.13.